The van der Waals surface area contributed by atoms with Crippen molar-refractivity contribution in [1.29, 1.82) is 0 Å². The highest BCUT2D eigenvalue weighted by molar-refractivity contribution is 5.56. The molecule has 0 fully saturated rings. The lowest BCUT2D eigenvalue weighted by Crippen LogP contribution is -1.84. The topological polar surface area (TPSA) is 63.4 Å². The molecule has 0 heterocycles. The number of benzene rings is 1. The average molecular weight is 183 g/mol. The summed E-state index contributed by atoms with van der Waals surface area (Å²) in [5.74, 6) is -1.38. The van der Waals surface area contributed by atoms with Gasteiger partial charge in [0, 0.05) is 11.6 Å². The quantitative estimate of drug-likeness (QED) is 0.561. The molecule has 0 aliphatic heterocycles. The summed E-state index contributed by atoms with van der Waals surface area (Å²) in [6, 6.07) is 3.80. The molecule has 0 radical (unpaired) electrons. The molecule has 1 aromatic carbocycles. The van der Waals surface area contributed by atoms with Gasteiger partial charge in [-0.3, -0.25) is 10.1 Å². The Morgan fingerprint density at radius 3 is 2.85 bits per heavy atom. The second-order valence-corrected chi connectivity index (χ2v) is 2.28. The van der Waals surface area contributed by atoms with E-state index < -0.39 is 16.5 Å². The van der Waals surface area contributed by atoms with Crippen molar-refractivity contribution in [3.05, 3.63) is 45.9 Å². The fourth-order valence-corrected chi connectivity index (χ4v) is 0.808. The van der Waals surface area contributed by atoms with E-state index in [-0.39, 0.29) is 5.56 Å². The van der Waals surface area contributed by atoms with Crippen LogP contribution in [-0.4, -0.2) is 10.0 Å². The van der Waals surface area contributed by atoms with E-state index in [1.54, 1.807) is 0 Å². The second-order valence-electron chi connectivity index (χ2n) is 2.28. The van der Waals surface area contributed by atoms with Crippen LogP contribution in [0.25, 0.3) is 6.08 Å². The molecule has 1 aromatic rings. The third kappa shape index (κ3) is 2.26. The molecule has 0 aliphatic carbocycles. The smallest absolute Gasteiger partial charge is 0.235 e. The van der Waals surface area contributed by atoms with Gasteiger partial charge in [0.05, 0.1) is 4.92 Å². The maximum Gasteiger partial charge on any atom is 0.235 e. The molecule has 68 valence electrons. The molecular weight excluding hydrogens is 177 g/mol. The molecule has 0 aliphatic rings. The zero-order valence-electron chi connectivity index (χ0n) is 6.48. The highest BCUT2D eigenvalue weighted by atomic mass is 19.1. The first kappa shape index (κ1) is 9.18. The molecule has 0 aromatic heterocycles. The highest BCUT2D eigenvalue weighted by Crippen LogP contribution is 2.21. The fraction of sp³-hybridized carbons (Fsp3) is 0. The Labute approximate surface area is 73.1 Å². The molecule has 0 amide bonds. The van der Waals surface area contributed by atoms with E-state index in [4.69, 9.17) is 5.11 Å². The number of rotatable bonds is 2. The predicted octanol–water partition coefficient (Wildman–Crippen LogP) is 1.78. The monoisotopic (exact) mass is 183 g/mol. The number of nitrogens with zero attached hydrogens (tertiary/aromatic N) is 1. The number of aromatic hydroxyl groups is 1. The Kier molecular flexibility index (Phi) is 2.59. The second kappa shape index (κ2) is 3.66. The lowest BCUT2D eigenvalue weighted by atomic mass is 10.2. The largest absolute Gasteiger partial charge is 0.504 e. The van der Waals surface area contributed by atoms with Crippen LogP contribution in [-0.2, 0) is 0 Å². The van der Waals surface area contributed by atoms with Crippen LogP contribution in [0.4, 0.5) is 4.39 Å². The highest BCUT2D eigenvalue weighted by Gasteiger charge is 2.03. The van der Waals surface area contributed by atoms with E-state index >= 15 is 0 Å². The normalized spacial score (nSPS) is 10.5. The summed E-state index contributed by atoms with van der Waals surface area (Å²) < 4.78 is 12.6. The summed E-state index contributed by atoms with van der Waals surface area (Å²) in [5, 5.41) is 19.0. The van der Waals surface area contributed by atoms with Gasteiger partial charge in [-0.1, -0.05) is 12.1 Å². The summed E-state index contributed by atoms with van der Waals surface area (Å²) in [4.78, 5) is 9.22. The summed E-state index contributed by atoms with van der Waals surface area (Å²) in [5.41, 5.74) is 0.0803. The Morgan fingerprint density at radius 1 is 1.54 bits per heavy atom. The number of para-hydroxylation sites is 1. The van der Waals surface area contributed by atoms with Crippen LogP contribution in [0.5, 0.6) is 5.75 Å². The van der Waals surface area contributed by atoms with Gasteiger partial charge in [0.15, 0.2) is 11.6 Å². The van der Waals surface area contributed by atoms with Crippen LogP contribution in [0.15, 0.2) is 24.4 Å². The SMILES string of the molecule is O=[N+]([O-])/C=C/c1cccc(F)c1O. The number of phenols is 1. The molecule has 0 saturated carbocycles. The average Bonchev–Trinajstić information content (AvgIpc) is 2.07. The predicted molar refractivity (Wildman–Crippen MR) is 44.1 cm³/mol. The fourth-order valence-electron chi connectivity index (χ4n) is 0.808. The molecule has 0 atom stereocenters. The van der Waals surface area contributed by atoms with Crippen molar-refractivity contribution in [3.8, 4) is 5.75 Å². The molecule has 1 N–H and O–H groups in total. The molecule has 0 spiro atoms. The van der Waals surface area contributed by atoms with E-state index in [9.17, 15) is 14.5 Å². The van der Waals surface area contributed by atoms with Gasteiger partial charge in [-0.15, -0.1) is 0 Å². The van der Waals surface area contributed by atoms with Crippen LogP contribution < -0.4 is 0 Å². The molecule has 0 saturated heterocycles. The lowest BCUT2D eigenvalue weighted by molar-refractivity contribution is -0.400. The van der Waals surface area contributed by atoms with Crippen molar-refractivity contribution in [1.82, 2.24) is 0 Å². The van der Waals surface area contributed by atoms with Gasteiger partial charge in [0.25, 0.3) is 0 Å². The maximum absolute atomic E-state index is 12.6. The van der Waals surface area contributed by atoms with E-state index in [0.717, 1.165) is 12.1 Å². The van der Waals surface area contributed by atoms with E-state index in [1.165, 1.54) is 12.1 Å². The van der Waals surface area contributed by atoms with Crippen molar-refractivity contribution in [2.24, 2.45) is 0 Å². The van der Waals surface area contributed by atoms with Crippen molar-refractivity contribution >= 4 is 6.08 Å². The summed E-state index contributed by atoms with van der Waals surface area (Å²) in [6.07, 6.45) is 1.66. The minimum absolute atomic E-state index is 0.0803. The summed E-state index contributed by atoms with van der Waals surface area (Å²) in [6.45, 7) is 0. The standard InChI is InChI=1S/C8H6FNO3/c9-7-3-1-2-6(8(7)11)4-5-10(12)13/h1-5,11H/b5-4+. The van der Waals surface area contributed by atoms with E-state index in [1.807, 2.05) is 0 Å². The van der Waals surface area contributed by atoms with Crippen molar-refractivity contribution in [3.63, 3.8) is 0 Å². The molecule has 0 unspecified atom stereocenters. The minimum atomic E-state index is -0.800. The number of phenolic OH excluding ortho intramolecular Hbond substituents is 1. The van der Waals surface area contributed by atoms with Crippen LogP contribution in [0.1, 0.15) is 5.56 Å². The van der Waals surface area contributed by atoms with Crippen molar-refractivity contribution in [2.45, 2.75) is 0 Å². The Hall–Kier alpha value is -1.91. The molecule has 0 bridgehead atoms. The first-order valence-corrected chi connectivity index (χ1v) is 3.40. The van der Waals surface area contributed by atoms with Crippen LogP contribution in [0, 0.1) is 15.9 Å². The van der Waals surface area contributed by atoms with Gasteiger partial charge in [0.2, 0.25) is 6.20 Å². The van der Waals surface area contributed by atoms with E-state index in [0.29, 0.717) is 6.20 Å². The molecular formula is C8H6FNO3. The van der Waals surface area contributed by atoms with Gasteiger partial charge in [-0.25, -0.2) is 4.39 Å². The number of hydrogen-bond acceptors (Lipinski definition) is 3. The number of nitro groups is 1. The number of halogens is 1. The molecule has 1 rings (SSSR count). The zero-order valence-corrected chi connectivity index (χ0v) is 6.48. The van der Waals surface area contributed by atoms with Crippen LogP contribution in [0.2, 0.25) is 0 Å². The summed E-state index contributed by atoms with van der Waals surface area (Å²) in [7, 11) is 0. The van der Waals surface area contributed by atoms with Crippen molar-refractivity contribution < 1.29 is 14.4 Å². The first-order chi connectivity index (χ1) is 6.11. The molecule has 5 heteroatoms. The Bertz CT molecular complexity index is 362. The third-order valence-electron chi connectivity index (χ3n) is 1.39. The Balaban J connectivity index is 3.02. The van der Waals surface area contributed by atoms with Gasteiger partial charge < -0.3 is 5.11 Å². The zero-order chi connectivity index (χ0) is 9.84. The van der Waals surface area contributed by atoms with Gasteiger partial charge in [-0.05, 0) is 6.07 Å². The van der Waals surface area contributed by atoms with Crippen LogP contribution >= 0.6 is 0 Å². The summed E-state index contributed by atoms with van der Waals surface area (Å²) >= 11 is 0. The first-order valence-electron chi connectivity index (χ1n) is 3.40. The third-order valence-corrected chi connectivity index (χ3v) is 1.39. The van der Waals surface area contributed by atoms with Crippen LogP contribution in [0.3, 0.4) is 0 Å². The van der Waals surface area contributed by atoms with Gasteiger partial charge in [0.1, 0.15) is 0 Å². The number of hydrogen-bond donors (Lipinski definition) is 1. The lowest BCUT2D eigenvalue weighted by Gasteiger charge is -1.97. The van der Waals surface area contributed by atoms with Gasteiger partial charge >= 0.3 is 0 Å². The Morgan fingerprint density at radius 2 is 2.23 bits per heavy atom. The molecule has 13 heavy (non-hydrogen) atoms. The maximum atomic E-state index is 12.6. The minimum Gasteiger partial charge on any atom is -0.504 e. The van der Waals surface area contributed by atoms with Crippen molar-refractivity contribution in [2.75, 3.05) is 0 Å². The van der Waals surface area contributed by atoms with Gasteiger partial charge in [-0.2, -0.15) is 0 Å². The van der Waals surface area contributed by atoms with E-state index in [2.05, 4.69) is 0 Å². The molecule has 4 nitrogen and oxygen atoms in total.